The number of hydrogen-bond acceptors (Lipinski definition) is 8. The van der Waals surface area contributed by atoms with Crippen molar-refractivity contribution in [1.82, 2.24) is 10.2 Å². The maximum Gasteiger partial charge on any atom is 0.306 e. The average molecular weight is 695 g/mol. The van der Waals surface area contributed by atoms with Crippen molar-refractivity contribution in [1.29, 1.82) is 0 Å². The van der Waals surface area contributed by atoms with E-state index in [-0.39, 0.29) is 45.1 Å². The zero-order valence-electron chi connectivity index (χ0n) is 25.3. The molecule has 4 aliphatic heterocycles. The largest absolute Gasteiger partial charge is 0.497 e. The number of amides is 3. The number of carbonyl (C=O) groups excluding carboxylic acids is 4. The minimum absolute atomic E-state index is 0.0910. The smallest absolute Gasteiger partial charge is 0.306 e. The van der Waals surface area contributed by atoms with Gasteiger partial charge in [0.05, 0.1) is 25.0 Å². The van der Waals surface area contributed by atoms with Gasteiger partial charge in [-0.05, 0) is 48.7 Å². The number of aliphatic hydroxyl groups is 1. The van der Waals surface area contributed by atoms with Crippen LogP contribution < -0.4 is 15.0 Å². The molecule has 0 radical (unpaired) electrons. The number of hydrogen-bond donors (Lipinski definition) is 2. The highest BCUT2D eigenvalue weighted by Crippen LogP contribution is 2.58. The Morgan fingerprint density at radius 3 is 2.52 bits per heavy atom. The first kappa shape index (κ1) is 32.0. The summed E-state index contributed by atoms with van der Waals surface area (Å²) in [7, 11) is 1.55. The fourth-order valence-corrected chi connectivity index (χ4v) is 7.67. The van der Waals surface area contributed by atoms with Crippen molar-refractivity contribution in [3.63, 3.8) is 0 Å². The normalized spacial score (nSPS) is 30.5. The SMILES string of the molecule is COc1ccc(N2C/C=C\CCC(=O)OC[C@H](c3ccccc3)NC(=O)[C@H]3[C@@H]4O[C@@]5(C=C4Br)[C@@H]3C(=O)N(CCCO)[C@@H]5C2=O)cc1. The fraction of sp³-hybridized carbons (Fsp3) is 0.412. The zero-order chi connectivity index (χ0) is 32.4. The van der Waals surface area contributed by atoms with Crippen LogP contribution in [-0.2, 0) is 28.7 Å². The van der Waals surface area contributed by atoms with E-state index in [1.54, 1.807) is 48.4 Å². The van der Waals surface area contributed by atoms with Crippen molar-refractivity contribution >= 4 is 45.3 Å². The number of fused-ring (bicyclic) bond motifs is 2. The van der Waals surface area contributed by atoms with Gasteiger partial charge in [0.1, 0.15) is 30.1 Å². The van der Waals surface area contributed by atoms with E-state index in [0.717, 1.165) is 5.56 Å². The number of benzene rings is 2. The second kappa shape index (κ2) is 13.4. The number of nitrogens with one attached hydrogen (secondary N) is 1. The maximum absolute atomic E-state index is 14.8. The van der Waals surface area contributed by atoms with Crippen LogP contribution in [0.25, 0.3) is 0 Å². The number of likely N-dealkylation sites (tertiary alicyclic amines) is 1. The Labute approximate surface area is 275 Å². The van der Waals surface area contributed by atoms with Crippen LogP contribution in [0.3, 0.4) is 0 Å². The molecular weight excluding hydrogens is 658 g/mol. The van der Waals surface area contributed by atoms with Gasteiger partial charge in [0.2, 0.25) is 11.8 Å². The molecule has 2 N–H and O–H groups in total. The Balaban J connectivity index is 1.44. The van der Waals surface area contributed by atoms with Crippen molar-refractivity contribution < 1.29 is 38.5 Å². The first-order chi connectivity index (χ1) is 22.3. The van der Waals surface area contributed by atoms with Gasteiger partial charge in [-0.25, -0.2) is 0 Å². The quantitative estimate of drug-likeness (QED) is 0.349. The summed E-state index contributed by atoms with van der Waals surface area (Å²) in [6.07, 6.45) is 5.33. The van der Waals surface area contributed by atoms with E-state index in [0.29, 0.717) is 22.3 Å². The highest BCUT2D eigenvalue weighted by molar-refractivity contribution is 9.11. The summed E-state index contributed by atoms with van der Waals surface area (Å²) in [6, 6.07) is 14.4. The van der Waals surface area contributed by atoms with Crippen molar-refractivity contribution in [3.8, 4) is 5.75 Å². The van der Waals surface area contributed by atoms with E-state index in [4.69, 9.17) is 14.2 Å². The molecule has 11 nitrogen and oxygen atoms in total. The molecule has 0 saturated carbocycles. The van der Waals surface area contributed by atoms with Crippen molar-refractivity contribution in [2.75, 3.05) is 38.3 Å². The lowest BCUT2D eigenvalue weighted by Crippen LogP contribution is -2.56. The van der Waals surface area contributed by atoms with Crippen LogP contribution in [0.4, 0.5) is 5.69 Å². The van der Waals surface area contributed by atoms with E-state index in [1.807, 2.05) is 36.4 Å². The molecular formula is C34H36BrN3O8. The molecule has 0 unspecified atom stereocenters. The van der Waals surface area contributed by atoms with E-state index >= 15 is 0 Å². The Hall–Kier alpha value is -4.00. The standard InChI is InChI=1S/C34H36BrN3O8/c1-44-23-14-12-22(13-15-23)37-16-7-3-6-11-26(40)45-20-25(21-9-4-2-5-10-21)36-31(41)27-28-32(42)38(17-8-18-39)30(33(37)43)34(28)19-24(35)29(27)46-34/h2-5,7,9-10,12-15,19,25,27-30,39H,6,8,11,16-18,20H2,1H3,(H,36,41)/b7-3-/t25-,27-,28+,29-,30-,34+/m1/s1. The minimum atomic E-state index is -1.42. The molecule has 2 aromatic carbocycles. The van der Waals surface area contributed by atoms with Crippen LogP contribution in [0, 0.1) is 11.8 Å². The third-order valence-electron chi connectivity index (χ3n) is 9.07. The van der Waals surface area contributed by atoms with Crippen molar-refractivity contribution in [2.45, 2.75) is 43.1 Å². The fourth-order valence-electron chi connectivity index (χ4n) is 6.93. The highest BCUT2D eigenvalue weighted by Gasteiger charge is 2.74. The van der Waals surface area contributed by atoms with Gasteiger partial charge < -0.3 is 34.4 Å². The number of rotatable bonds is 6. The number of halogens is 1. The van der Waals surface area contributed by atoms with Gasteiger partial charge in [-0.15, -0.1) is 0 Å². The summed E-state index contributed by atoms with van der Waals surface area (Å²) in [6.45, 7) is -0.0233. The summed E-state index contributed by atoms with van der Waals surface area (Å²) in [5, 5.41) is 12.7. The number of esters is 1. The third-order valence-corrected chi connectivity index (χ3v) is 9.75. The Kier molecular flexibility index (Phi) is 9.30. The summed E-state index contributed by atoms with van der Waals surface area (Å²) in [5.74, 6) is -3.00. The predicted octanol–water partition coefficient (Wildman–Crippen LogP) is 3.03. The van der Waals surface area contributed by atoms with Crippen molar-refractivity contribution in [3.05, 3.63) is 82.9 Å². The molecule has 242 valence electrons. The van der Waals surface area contributed by atoms with Gasteiger partial charge >= 0.3 is 5.97 Å². The summed E-state index contributed by atoms with van der Waals surface area (Å²) >= 11 is 3.58. The molecule has 2 fully saturated rings. The van der Waals surface area contributed by atoms with Gasteiger partial charge in [-0.3, -0.25) is 19.2 Å². The van der Waals surface area contributed by atoms with E-state index in [9.17, 15) is 24.3 Å². The molecule has 6 rings (SSSR count). The van der Waals surface area contributed by atoms with Crippen LogP contribution in [0.5, 0.6) is 5.75 Å². The van der Waals surface area contributed by atoms with Crippen LogP contribution in [-0.4, -0.2) is 84.9 Å². The summed E-state index contributed by atoms with van der Waals surface area (Å²) in [4.78, 5) is 59.0. The number of methoxy groups -OCH3 is 1. The van der Waals surface area contributed by atoms with Crippen molar-refractivity contribution in [2.24, 2.45) is 11.8 Å². The lowest BCUT2D eigenvalue weighted by molar-refractivity contribution is -0.145. The van der Waals surface area contributed by atoms with E-state index in [1.165, 1.54) is 4.90 Å². The lowest BCUT2D eigenvalue weighted by Gasteiger charge is -2.36. The molecule has 6 atom stereocenters. The number of anilines is 1. The van der Waals surface area contributed by atoms with Crippen LogP contribution >= 0.6 is 15.9 Å². The second-order valence-corrected chi connectivity index (χ2v) is 12.7. The van der Waals surface area contributed by atoms with Gasteiger partial charge in [-0.2, -0.15) is 0 Å². The van der Waals surface area contributed by atoms with Crippen LogP contribution in [0.15, 0.2) is 77.3 Å². The number of carbonyl (C=O) groups is 4. The molecule has 12 heteroatoms. The molecule has 2 saturated heterocycles. The van der Waals surface area contributed by atoms with E-state index < -0.39 is 53.4 Å². The second-order valence-electron chi connectivity index (χ2n) is 11.7. The first-order valence-corrected chi connectivity index (χ1v) is 16.2. The van der Waals surface area contributed by atoms with E-state index in [2.05, 4.69) is 21.2 Å². The monoisotopic (exact) mass is 693 g/mol. The summed E-state index contributed by atoms with van der Waals surface area (Å²) < 4.78 is 18.1. The zero-order valence-corrected chi connectivity index (χ0v) is 26.9. The molecule has 3 amide bonds. The number of allylic oxidation sites excluding steroid dienone is 1. The number of ether oxygens (including phenoxy) is 3. The maximum atomic E-state index is 14.8. The number of nitrogens with zero attached hydrogens (tertiary/aromatic N) is 2. The number of cyclic esters (lactones) is 1. The predicted molar refractivity (Wildman–Crippen MR) is 171 cm³/mol. The molecule has 1 spiro atoms. The molecule has 4 heterocycles. The average Bonchev–Trinajstić information content (AvgIpc) is 3.66. The Bertz CT molecular complexity index is 1550. The Morgan fingerprint density at radius 2 is 1.80 bits per heavy atom. The Morgan fingerprint density at radius 1 is 1.04 bits per heavy atom. The minimum Gasteiger partial charge on any atom is -0.497 e. The van der Waals surface area contributed by atoms with Crippen LogP contribution in [0.2, 0.25) is 0 Å². The molecule has 46 heavy (non-hydrogen) atoms. The first-order valence-electron chi connectivity index (χ1n) is 15.4. The van der Waals surface area contributed by atoms with Gasteiger partial charge in [0, 0.05) is 36.3 Å². The highest BCUT2D eigenvalue weighted by atomic mass is 79.9. The molecule has 4 aliphatic rings. The van der Waals surface area contributed by atoms with Gasteiger partial charge in [0.15, 0.2) is 0 Å². The summed E-state index contributed by atoms with van der Waals surface area (Å²) in [5.41, 5.74) is -0.121. The lowest BCUT2D eigenvalue weighted by atomic mass is 9.74. The third kappa shape index (κ3) is 5.73. The molecule has 0 aliphatic carbocycles. The number of aliphatic hydroxyl groups excluding tert-OH is 1. The molecule has 0 aromatic heterocycles. The molecule has 2 aromatic rings. The van der Waals surface area contributed by atoms with Crippen LogP contribution in [0.1, 0.15) is 30.9 Å². The topological polar surface area (TPSA) is 135 Å². The molecule has 5 bridgehead atoms. The van der Waals surface area contributed by atoms with Gasteiger partial charge in [0.25, 0.3) is 5.91 Å². The van der Waals surface area contributed by atoms with Gasteiger partial charge in [-0.1, -0.05) is 58.4 Å².